The molecule has 0 bridgehead atoms. The lowest BCUT2D eigenvalue weighted by Crippen LogP contribution is -2.32. The van der Waals surface area contributed by atoms with Gasteiger partial charge in [-0.25, -0.2) is 0 Å². The molecule has 1 heterocycles. The van der Waals surface area contributed by atoms with E-state index in [1.165, 1.54) is 0 Å². The van der Waals surface area contributed by atoms with E-state index in [0.717, 1.165) is 38.1 Å². The van der Waals surface area contributed by atoms with Crippen LogP contribution in [0.25, 0.3) is 0 Å². The quantitative estimate of drug-likeness (QED) is 0.826. The number of nitrogens with zero attached hydrogens (tertiary/aromatic N) is 2. The Morgan fingerprint density at radius 3 is 2.94 bits per heavy atom. The first kappa shape index (κ1) is 12.6. The summed E-state index contributed by atoms with van der Waals surface area (Å²) in [6.45, 7) is 5.67. The van der Waals surface area contributed by atoms with Crippen LogP contribution in [0.3, 0.4) is 0 Å². The van der Waals surface area contributed by atoms with Crippen molar-refractivity contribution in [2.75, 3.05) is 6.61 Å². The zero-order chi connectivity index (χ0) is 12.3. The highest BCUT2D eigenvalue weighted by Gasteiger charge is 2.31. The molecule has 1 aromatic rings. The minimum atomic E-state index is -0.384. The Hall–Kier alpha value is -0.870. The highest BCUT2D eigenvalue weighted by Crippen LogP contribution is 2.36. The molecule has 1 unspecified atom stereocenters. The molecule has 1 atom stereocenters. The van der Waals surface area contributed by atoms with E-state index < -0.39 is 0 Å². The van der Waals surface area contributed by atoms with Crippen molar-refractivity contribution < 1.29 is 9.84 Å². The van der Waals surface area contributed by atoms with Gasteiger partial charge in [0.2, 0.25) is 0 Å². The van der Waals surface area contributed by atoms with Gasteiger partial charge in [-0.3, -0.25) is 4.68 Å². The van der Waals surface area contributed by atoms with Crippen LogP contribution >= 0.6 is 0 Å². The molecule has 0 amide bonds. The van der Waals surface area contributed by atoms with Gasteiger partial charge in [0.25, 0.3) is 0 Å². The van der Waals surface area contributed by atoms with Gasteiger partial charge in [-0.2, -0.15) is 5.10 Å². The van der Waals surface area contributed by atoms with E-state index in [1.54, 1.807) is 6.20 Å². The lowest BCUT2D eigenvalue weighted by molar-refractivity contribution is -0.0387. The molecule has 0 aromatic carbocycles. The molecule has 1 fully saturated rings. The van der Waals surface area contributed by atoms with Gasteiger partial charge in [0, 0.05) is 19.3 Å². The van der Waals surface area contributed by atoms with Crippen LogP contribution in [0.15, 0.2) is 12.3 Å². The molecule has 96 valence electrons. The molecule has 4 heteroatoms. The maximum Gasteiger partial charge on any atom is 0.0959 e. The summed E-state index contributed by atoms with van der Waals surface area (Å²) < 4.78 is 7.39. The summed E-state index contributed by atoms with van der Waals surface area (Å²) in [5.74, 6) is 0.599. The first-order valence-corrected chi connectivity index (χ1v) is 6.55. The molecule has 0 radical (unpaired) electrons. The van der Waals surface area contributed by atoms with Crippen molar-refractivity contribution in [2.24, 2.45) is 5.92 Å². The molecule has 1 N–H and O–H groups in total. The average Bonchev–Trinajstić information content (AvgIpc) is 2.74. The van der Waals surface area contributed by atoms with Crippen molar-refractivity contribution in [3.63, 3.8) is 0 Å². The Morgan fingerprint density at radius 1 is 1.53 bits per heavy atom. The van der Waals surface area contributed by atoms with E-state index in [2.05, 4.69) is 5.10 Å². The van der Waals surface area contributed by atoms with Gasteiger partial charge in [0.15, 0.2) is 0 Å². The molecule has 1 aliphatic carbocycles. The normalized spacial score (nSPS) is 25.6. The van der Waals surface area contributed by atoms with Crippen LogP contribution in [0.1, 0.15) is 44.9 Å². The molecule has 1 aliphatic rings. The molecule has 2 rings (SSSR count). The van der Waals surface area contributed by atoms with E-state index in [9.17, 15) is 5.11 Å². The Bertz CT molecular complexity index is 345. The molecule has 0 aliphatic heterocycles. The lowest BCUT2D eigenvalue weighted by atomic mass is 9.78. The maximum absolute atomic E-state index is 10.2. The minimum Gasteiger partial charge on any atom is -0.387 e. The fraction of sp³-hybridized carbons (Fsp3) is 0.769. The van der Waals surface area contributed by atoms with E-state index in [4.69, 9.17) is 4.74 Å². The third-order valence-electron chi connectivity index (χ3n) is 3.54. The fourth-order valence-corrected chi connectivity index (χ4v) is 2.57. The highest BCUT2D eigenvalue weighted by molar-refractivity contribution is 5.05. The van der Waals surface area contributed by atoms with Crippen molar-refractivity contribution in [1.82, 2.24) is 9.78 Å². The summed E-state index contributed by atoms with van der Waals surface area (Å²) in [7, 11) is 0. The van der Waals surface area contributed by atoms with E-state index in [0.29, 0.717) is 12.0 Å². The van der Waals surface area contributed by atoms with Gasteiger partial charge < -0.3 is 9.84 Å². The highest BCUT2D eigenvalue weighted by atomic mass is 16.5. The Kier molecular flexibility index (Phi) is 4.18. The van der Waals surface area contributed by atoms with Crippen LogP contribution in [0.5, 0.6) is 0 Å². The molecule has 1 saturated carbocycles. The van der Waals surface area contributed by atoms with Crippen molar-refractivity contribution in [3.8, 4) is 0 Å². The van der Waals surface area contributed by atoms with Gasteiger partial charge >= 0.3 is 0 Å². The lowest BCUT2D eigenvalue weighted by Gasteiger charge is -2.36. The number of aryl methyl sites for hydroxylation is 1. The number of hydrogen-bond donors (Lipinski definition) is 1. The third kappa shape index (κ3) is 2.87. The molecular weight excluding hydrogens is 216 g/mol. The summed E-state index contributed by atoms with van der Waals surface area (Å²) in [5, 5.41) is 14.4. The number of rotatable bonds is 6. The minimum absolute atomic E-state index is 0.384. The molecule has 1 aromatic heterocycles. The van der Waals surface area contributed by atoms with Crippen molar-refractivity contribution in [2.45, 2.75) is 51.9 Å². The topological polar surface area (TPSA) is 47.3 Å². The standard InChI is InChI=1S/C13H22N2O2/c1-3-15-12(5-6-14-15)13(16)9-10-7-11(8-10)17-4-2/h5-6,10-11,13,16H,3-4,7-9H2,1-2H3. The zero-order valence-corrected chi connectivity index (χ0v) is 10.7. The Balaban J connectivity index is 1.80. The summed E-state index contributed by atoms with van der Waals surface area (Å²) in [5.41, 5.74) is 0.937. The summed E-state index contributed by atoms with van der Waals surface area (Å²) in [6.07, 6.45) is 4.80. The summed E-state index contributed by atoms with van der Waals surface area (Å²) in [4.78, 5) is 0. The van der Waals surface area contributed by atoms with E-state index in [-0.39, 0.29) is 6.10 Å². The SMILES string of the molecule is CCOC1CC(CC(O)c2ccnn2CC)C1. The summed E-state index contributed by atoms with van der Waals surface area (Å²) in [6, 6.07) is 1.91. The van der Waals surface area contributed by atoms with Crippen LogP contribution in [-0.2, 0) is 11.3 Å². The van der Waals surface area contributed by atoms with E-state index >= 15 is 0 Å². The zero-order valence-electron chi connectivity index (χ0n) is 10.7. The summed E-state index contributed by atoms with van der Waals surface area (Å²) >= 11 is 0. The second-order valence-corrected chi connectivity index (χ2v) is 4.74. The largest absolute Gasteiger partial charge is 0.387 e. The van der Waals surface area contributed by atoms with Gasteiger partial charge in [-0.05, 0) is 45.1 Å². The Morgan fingerprint density at radius 2 is 2.29 bits per heavy atom. The number of ether oxygens (including phenoxy) is 1. The van der Waals surface area contributed by atoms with Crippen LogP contribution in [-0.4, -0.2) is 27.6 Å². The molecule has 17 heavy (non-hydrogen) atoms. The second-order valence-electron chi connectivity index (χ2n) is 4.74. The number of aliphatic hydroxyl groups is 1. The predicted molar refractivity (Wildman–Crippen MR) is 65.6 cm³/mol. The number of aliphatic hydroxyl groups excluding tert-OH is 1. The first-order chi connectivity index (χ1) is 8.24. The fourth-order valence-electron chi connectivity index (χ4n) is 2.57. The molecule has 0 saturated heterocycles. The predicted octanol–water partition coefficient (Wildman–Crippen LogP) is 2.14. The molecular formula is C13H22N2O2. The smallest absolute Gasteiger partial charge is 0.0959 e. The molecule has 0 spiro atoms. The monoisotopic (exact) mass is 238 g/mol. The van der Waals surface area contributed by atoms with Gasteiger partial charge in [0.1, 0.15) is 0 Å². The number of aromatic nitrogens is 2. The van der Waals surface area contributed by atoms with Crippen molar-refractivity contribution in [1.29, 1.82) is 0 Å². The Labute approximate surface area is 103 Å². The van der Waals surface area contributed by atoms with Crippen LogP contribution in [0.2, 0.25) is 0 Å². The maximum atomic E-state index is 10.2. The second kappa shape index (κ2) is 5.65. The van der Waals surface area contributed by atoms with E-state index in [1.807, 2.05) is 24.6 Å². The van der Waals surface area contributed by atoms with Gasteiger partial charge in [-0.15, -0.1) is 0 Å². The number of hydrogen-bond acceptors (Lipinski definition) is 3. The van der Waals surface area contributed by atoms with Crippen LogP contribution < -0.4 is 0 Å². The van der Waals surface area contributed by atoms with Crippen molar-refractivity contribution >= 4 is 0 Å². The van der Waals surface area contributed by atoms with Crippen LogP contribution in [0, 0.1) is 5.92 Å². The van der Waals surface area contributed by atoms with Crippen molar-refractivity contribution in [3.05, 3.63) is 18.0 Å². The first-order valence-electron chi connectivity index (χ1n) is 6.55. The third-order valence-corrected chi connectivity index (χ3v) is 3.54. The van der Waals surface area contributed by atoms with Gasteiger partial charge in [-0.1, -0.05) is 0 Å². The van der Waals surface area contributed by atoms with Gasteiger partial charge in [0.05, 0.1) is 17.9 Å². The average molecular weight is 238 g/mol. The van der Waals surface area contributed by atoms with Crippen LogP contribution in [0.4, 0.5) is 0 Å². The molecule has 4 nitrogen and oxygen atoms in total.